The zero-order valence-electron chi connectivity index (χ0n) is 36.2. The number of allylic oxidation sites excluding steroid dienone is 3. The van der Waals surface area contributed by atoms with Gasteiger partial charge in [0.25, 0.3) is 7.82 Å². The van der Waals surface area contributed by atoms with Gasteiger partial charge in [0.15, 0.2) is 0 Å². The van der Waals surface area contributed by atoms with E-state index in [0.717, 1.165) is 38.5 Å². The summed E-state index contributed by atoms with van der Waals surface area (Å²) in [5.41, 5.74) is 0. The zero-order chi connectivity index (χ0) is 40.0. The van der Waals surface area contributed by atoms with Gasteiger partial charge in [0.05, 0.1) is 39.9 Å². The Hall–Kier alpha value is -1.02. The molecular weight excluding hydrogens is 695 g/mol. The standard InChI is InChI=1S/C45H89N2O6P/c1-6-8-10-12-14-16-17-18-19-20-21-22-23-24-25-26-27-28-29-31-33-35-37-39-45(49)46-43(42-53-54(50,51)52-41-40-47(3,4)5)44(48)38-36-34-32-30-15-13-11-9-7-2/h20-21,36,38,43-44,48H,6-19,22-35,37,39-42H2,1-5H3,(H-,46,49,50,51)/b21-20-,38-36+. The molecule has 0 aliphatic rings. The molecule has 0 heterocycles. The predicted molar refractivity (Wildman–Crippen MR) is 228 cm³/mol. The van der Waals surface area contributed by atoms with Gasteiger partial charge < -0.3 is 28.8 Å². The van der Waals surface area contributed by atoms with Gasteiger partial charge in [-0.15, -0.1) is 0 Å². The molecule has 0 rings (SSSR count). The average molecular weight is 785 g/mol. The molecule has 9 heteroatoms. The Morgan fingerprint density at radius 3 is 1.44 bits per heavy atom. The summed E-state index contributed by atoms with van der Waals surface area (Å²) in [6.07, 6.45) is 43.8. The first-order chi connectivity index (χ1) is 26.0. The number of amides is 1. The molecule has 0 fully saturated rings. The molecule has 1 amide bonds. The Bertz CT molecular complexity index is 938. The lowest BCUT2D eigenvalue weighted by molar-refractivity contribution is -0.870. The molecule has 3 atom stereocenters. The van der Waals surface area contributed by atoms with Crippen LogP contribution in [0, 0.1) is 0 Å². The Kier molecular flexibility index (Phi) is 36.8. The zero-order valence-corrected chi connectivity index (χ0v) is 37.1. The van der Waals surface area contributed by atoms with Crippen molar-refractivity contribution in [3.8, 4) is 0 Å². The maximum atomic E-state index is 12.8. The van der Waals surface area contributed by atoms with Crippen LogP contribution in [-0.4, -0.2) is 68.5 Å². The highest BCUT2D eigenvalue weighted by atomic mass is 31.2. The quantitative estimate of drug-likeness (QED) is 0.0277. The number of nitrogens with zero attached hydrogens (tertiary/aromatic N) is 1. The van der Waals surface area contributed by atoms with Crippen LogP contribution >= 0.6 is 7.82 Å². The Balaban J connectivity index is 4.19. The molecule has 0 aromatic heterocycles. The molecule has 3 unspecified atom stereocenters. The molecule has 0 aliphatic carbocycles. The summed E-state index contributed by atoms with van der Waals surface area (Å²) in [6, 6.07) is -0.881. The summed E-state index contributed by atoms with van der Waals surface area (Å²) >= 11 is 0. The highest BCUT2D eigenvalue weighted by Gasteiger charge is 2.23. The van der Waals surface area contributed by atoms with Gasteiger partial charge in [0.2, 0.25) is 5.91 Å². The van der Waals surface area contributed by atoms with E-state index in [-0.39, 0.29) is 19.1 Å². The van der Waals surface area contributed by atoms with E-state index < -0.39 is 20.0 Å². The molecular formula is C45H89N2O6P. The third-order valence-electron chi connectivity index (χ3n) is 10.2. The number of unbranched alkanes of at least 4 members (excludes halogenated alkanes) is 26. The van der Waals surface area contributed by atoms with Crippen LogP contribution in [0.5, 0.6) is 0 Å². The van der Waals surface area contributed by atoms with Gasteiger partial charge in [-0.1, -0.05) is 179 Å². The second-order valence-electron chi connectivity index (χ2n) is 16.8. The van der Waals surface area contributed by atoms with Crippen LogP contribution in [0.1, 0.15) is 206 Å². The number of hydrogen-bond donors (Lipinski definition) is 2. The van der Waals surface area contributed by atoms with Gasteiger partial charge in [-0.2, -0.15) is 0 Å². The van der Waals surface area contributed by atoms with Crippen LogP contribution in [0.15, 0.2) is 24.3 Å². The summed E-state index contributed by atoms with van der Waals surface area (Å²) in [4.78, 5) is 25.2. The van der Waals surface area contributed by atoms with Crippen LogP contribution in [0.25, 0.3) is 0 Å². The average Bonchev–Trinajstić information content (AvgIpc) is 3.12. The molecule has 0 aromatic carbocycles. The first-order valence-corrected chi connectivity index (χ1v) is 24.2. The van der Waals surface area contributed by atoms with E-state index in [2.05, 4.69) is 31.3 Å². The number of phosphoric acid groups is 1. The minimum atomic E-state index is -4.58. The molecule has 54 heavy (non-hydrogen) atoms. The van der Waals surface area contributed by atoms with Gasteiger partial charge in [-0.25, -0.2) is 0 Å². The summed E-state index contributed by atoms with van der Waals surface area (Å²) in [7, 11) is 1.26. The number of nitrogens with one attached hydrogen (secondary N) is 1. The smallest absolute Gasteiger partial charge is 0.268 e. The largest absolute Gasteiger partial charge is 0.756 e. The van der Waals surface area contributed by atoms with Gasteiger partial charge in [0, 0.05) is 6.42 Å². The van der Waals surface area contributed by atoms with Crippen molar-refractivity contribution in [2.45, 2.75) is 219 Å². The molecule has 0 aromatic rings. The Morgan fingerprint density at radius 1 is 0.630 bits per heavy atom. The van der Waals surface area contributed by atoms with Gasteiger partial charge in [-0.3, -0.25) is 9.36 Å². The van der Waals surface area contributed by atoms with Gasteiger partial charge in [-0.05, 0) is 44.9 Å². The van der Waals surface area contributed by atoms with Crippen LogP contribution in [0.4, 0.5) is 0 Å². The lowest BCUT2D eigenvalue weighted by Gasteiger charge is -2.29. The lowest BCUT2D eigenvalue weighted by atomic mass is 10.0. The fraction of sp³-hybridized carbons (Fsp3) is 0.889. The van der Waals surface area contributed by atoms with Crippen LogP contribution in [0.3, 0.4) is 0 Å². The number of carbonyl (C=O) groups is 1. The van der Waals surface area contributed by atoms with Crippen molar-refractivity contribution in [2.75, 3.05) is 40.9 Å². The van der Waals surface area contributed by atoms with E-state index in [1.807, 2.05) is 27.2 Å². The first kappa shape index (κ1) is 53.0. The van der Waals surface area contributed by atoms with Crippen molar-refractivity contribution >= 4 is 13.7 Å². The van der Waals surface area contributed by atoms with Crippen molar-refractivity contribution in [2.24, 2.45) is 0 Å². The fourth-order valence-electron chi connectivity index (χ4n) is 6.50. The second kappa shape index (κ2) is 37.6. The third-order valence-corrected chi connectivity index (χ3v) is 11.1. The van der Waals surface area contributed by atoms with Crippen molar-refractivity contribution in [3.63, 3.8) is 0 Å². The number of hydrogen-bond acceptors (Lipinski definition) is 6. The lowest BCUT2D eigenvalue weighted by Crippen LogP contribution is -2.45. The molecule has 0 bridgehead atoms. The van der Waals surface area contributed by atoms with Crippen molar-refractivity contribution in [1.82, 2.24) is 5.32 Å². The predicted octanol–water partition coefficient (Wildman–Crippen LogP) is 11.9. The van der Waals surface area contributed by atoms with Crippen molar-refractivity contribution < 1.29 is 32.9 Å². The Morgan fingerprint density at radius 2 is 1.02 bits per heavy atom. The number of quaternary nitrogens is 1. The summed E-state index contributed by atoms with van der Waals surface area (Å²) in [5, 5.41) is 13.7. The van der Waals surface area contributed by atoms with E-state index in [0.29, 0.717) is 17.4 Å². The van der Waals surface area contributed by atoms with E-state index in [4.69, 9.17) is 9.05 Å². The highest BCUT2D eigenvalue weighted by molar-refractivity contribution is 7.45. The topological polar surface area (TPSA) is 108 Å². The Labute approximate surface area is 334 Å². The van der Waals surface area contributed by atoms with E-state index in [1.54, 1.807) is 6.08 Å². The second-order valence-corrected chi connectivity index (χ2v) is 18.2. The van der Waals surface area contributed by atoms with Gasteiger partial charge in [0.1, 0.15) is 13.2 Å². The summed E-state index contributed by atoms with van der Waals surface area (Å²) < 4.78 is 23.1. The molecule has 0 saturated heterocycles. The number of likely N-dealkylation sites (N-methyl/N-ethyl adjacent to an activating group) is 1. The van der Waals surface area contributed by atoms with E-state index in [1.165, 1.54) is 148 Å². The molecule has 0 aliphatic heterocycles. The van der Waals surface area contributed by atoms with Crippen LogP contribution in [-0.2, 0) is 18.4 Å². The van der Waals surface area contributed by atoms with Gasteiger partial charge >= 0.3 is 0 Å². The maximum Gasteiger partial charge on any atom is 0.268 e. The molecule has 0 radical (unpaired) electrons. The number of aliphatic hydroxyl groups is 1. The first-order valence-electron chi connectivity index (χ1n) is 22.7. The molecule has 2 N–H and O–H groups in total. The molecule has 0 saturated carbocycles. The number of carbonyl (C=O) groups excluding carboxylic acids is 1. The minimum absolute atomic E-state index is 0.000251. The third kappa shape index (κ3) is 39.2. The monoisotopic (exact) mass is 785 g/mol. The van der Waals surface area contributed by atoms with Crippen molar-refractivity contribution in [1.29, 1.82) is 0 Å². The minimum Gasteiger partial charge on any atom is -0.756 e. The number of rotatable bonds is 41. The maximum absolute atomic E-state index is 12.8. The highest BCUT2D eigenvalue weighted by Crippen LogP contribution is 2.38. The van der Waals surface area contributed by atoms with Crippen LogP contribution < -0.4 is 10.2 Å². The van der Waals surface area contributed by atoms with Crippen LogP contribution in [0.2, 0.25) is 0 Å². The fourth-order valence-corrected chi connectivity index (χ4v) is 7.22. The van der Waals surface area contributed by atoms with E-state index in [9.17, 15) is 19.4 Å². The molecule has 320 valence electrons. The number of aliphatic hydroxyl groups excluding tert-OH is 1. The summed E-state index contributed by atoms with van der Waals surface area (Å²) in [5.74, 6) is -0.200. The summed E-state index contributed by atoms with van der Waals surface area (Å²) in [6.45, 7) is 4.61. The van der Waals surface area contributed by atoms with Crippen molar-refractivity contribution in [3.05, 3.63) is 24.3 Å². The number of phosphoric ester groups is 1. The normalized spacial score (nSPS) is 14.6. The molecule has 0 spiro atoms. The molecule has 8 nitrogen and oxygen atoms in total. The SMILES string of the molecule is CCCCCCCCC/C=C/C(O)C(COP(=O)([O-])OCC[N+](C)(C)C)NC(=O)CCCCCCCCCCCCC/C=C\CCCCCCCCCC. The van der Waals surface area contributed by atoms with E-state index >= 15 is 0 Å².